The summed E-state index contributed by atoms with van der Waals surface area (Å²) in [6.45, 7) is -0.495. The fourth-order valence-corrected chi connectivity index (χ4v) is 2.97. The van der Waals surface area contributed by atoms with E-state index in [2.05, 4.69) is 10.3 Å². The van der Waals surface area contributed by atoms with E-state index in [-0.39, 0.29) is 11.5 Å². The van der Waals surface area contributed by atoms with Gasteiger partial charge in [0.25, 0.3) is 0 Å². The summed E-state index contributed by atoms with van der Waals surface area (Å²) in [6.07, 6.45) is -2.98. The van der Waals surface area contributed by atoms with Gasteiger partial charge in [-0.15, -0.1) is 5.10 Å². The highest BCUT2D eigenvalue weighted by Crippen LogP contribution is 2.22. The zero-order valence-electron chi connectivity index (χ0n) is 13.4. The number of aromatic nitrogens is 3. The molecule has 2 heterocycles. The number of aliphatic hydroxyl groups is 3. The Morgan fingerprint density at radius 1 is 1.23 bits per heavy atom. The molecular weight excluding hydrogens is 368 g/mol. The number of hydrogen-bond acceptors (Lipinski definition) is 9. The van der Waals surface area contributed by atoms with Gasteiger partial charge in [0.05, 0.1) is 30.0 Å². The molecule has 1 saturated heterocycles. The van der Waals surface area contributed by atoms with Gasteiger partial charge in [-0.25, -0.2) is 18.2 Å². The van der Waals surface area contributed by atoms with E-state index in [1.807, 2.05) is 0 Å². The van der Waals surface area contributed by atoms with Crippen LogP contribution in [0.25, 0.3) is 5.69 Å². The molecule has 2 aromatic rings. The van der Waals surface area contributed by atoms with Gasteiger partial charge in [0.2, 0.25) is 10.0 Å². The van der Waals surface area contributed by atoms with Crippen LogP contribution in [0.1, 0.15) is 5.69 Å². The molecule has 1 fully saturated rings. The van der Waals surface area contributed by atoms with Crippen molar-refractivity contribution in [3.05, 3.63) is 36.2 Å². The van der Waals surface area contributed by atoms with E-state index >= 15 is 0 Å². The number of hydrogen-bond donors (Lipinski definition) is 4. The van der Waals surface area contributed by atoms with E-state index in [4.69, 9.17) is 19.7 Å². The molecule has 5 N–H and O–H groups in total. The Morgan fingerprint density at radius 3 is 2.50 bits per heavy atom. The second kappa shape index (κ2) is 7.36. The lowest BCUT2D eigenvalue weighted by Gasteiger charge is -2.14. The van der Waals surface area contributed by atoms with Crippen LogP contribution in [0, 0.1) is 0 Å². The summed E-state index contributed by atoms with van der Waals surface area (Å²) in [5, 5.41) is 41.3. The van der Waals surface area contributed by atoms with Gasteiger partial charge in [-0.1, -0.05) is 5.21 Å². The van der Waals surface area contributed by atoms with E-state index < -0.39 is 41.2 Å². The third-order valence-electron chi connectivity index (χ3n) is 3.86. The number of nitrogens with two attached hydrogens (primary N) is 1. The largest absolute Gasteiger partial charge is 0.394 e. The van der Waals surface area contributed by atoms with Crippen molar-refractivity contribution < 1.29 is 33.2 Å². The van der Waals surface area contributed by atoms with Gasteiger partial charge in [0.1, 0.15) is 24.0 Å². The molecule has 1 aromatic carbocycles. The predicted octanol–water partition coefficient (Wildman–Crippen LogP) is -2.13. The molecule has 1 aliphatic heterocycles. The van der Waals surface area contributed by atoms with Crippen molar-refractivity contribution >= 4 is 10.0 Å². The molecule has 0 amide bonds. The first-order valence-electron chi connectivity index (χ1n) is 7.58. The van der Waals surface area contributed by atoms with Crippen LogP contribution in [0.15, 0.2) is 35.4 Å². The van der Waals surface area contributed by atoms with E-state index in [9.17, 15) is 18.6 Å². The minimum Gasteiger partial charge on any atom is -0.394 e. The van der Waals surface area contributed by atoms with Crippen LogP contribution in [0.2, 0.25) is 0 Å². The third-order valence-corrected chi connectivity index (χ3v) is 4.79. The lowest BCUT2D eigenvalue weighted by atomic mass is 10.1. The Labute approximate surface area is 148 Å². The zero-order chi connectivity index (χ0) is 18.9. The minimum atomic E-state index is -3.77. The highest BCUT2D eigenvalue weighted by molar-refractivity contribution is 7.89. The Bertz CT molecular complexity index is 854. The van der Waals surface area contributed by atoms with Crippen LogP contribution >= 0.6 is 0 Å². The highest BCUT2D eigenvalue weighted by atomic mass is 32.2. The maximum atomic E-state index is 11.3. The van der Waals surface area contributed by atoms with E-state index in [0.29, 0.717) is 11.4 Å². The quantitative estimate of drug-likeness (QED) is 0.433. The van der Waals surface area contributed by atoms with Gasteiger partial charge in [0.15, 0.2) is 6.29 Å². The van der Waals surface area contributed by atoms with Gasteiger partial charge in [0, 0.05) is 0 Å². The molecule has 1 aromatic heterocycles. The minimum absolute atomic E-state index is 0.0192. The van der Waals surface area contributed by atoms with E-state index in [1.165, 1.54) is 28.9 Å². The number of rotatable bonds is 6. The molecule has 26 heavy (non-hydrogen) atoms. The van der Waals surface area contributed by atoms with Gasteiger partial charge in [-0.3, -0.25) is 0 Å². The summed E-state index contributed by atoms with van der Waals surface area (Å²) in [4.78, 5) is -0.0192. The first kappa shape index (κ1) is 18.8. The Morgan fingerprint density at radius 2 is 1.92 bits per heavy atom. The number of primary sulfonamides is 1. The third kappa shape index (κ3) is 3.91. The molecule has 0 bridgehead atoms. The van der Waals surface area contributed by atoms with E-state index in [1.54, 1.807) is 6.20 Å². The monoisotopic (exact) mass is 386 g/mol. The van der Waals surface area contributed by atoms with Gasteiger partial charge in [-0.2, -0.15) is 0 Å². The molecule has 11 nitrogen and oxygen atoms in total. The molecule has 12 heteroatoms. The van der Waals surface area contributed by atoms with Crippen molar-refractivity contribution in [3.63, 3.8) is 0 Å². The molecular formula is C14H18N4O7S. The molecule has 0 aliphatic carbocycles. The fourth-order valence-electron chi connectivity index (χ4n) is 2.45. The molecule has 4 atom stereocenters. The van der Waals surface area contributed by atoms with Gasteiger partial charge < -0.3 is 24.8 Å². The normalized spacial score (nSPS) is 26.3. The lowest BCUT2D eigenvalue weighted by molar-refractivity contribution is -0.176. The number of sulfonamides is 1. The SMILES string of the molecule is NS(=O)(=O)c1ccc(-n2cc(CO[C@@H]3O[C@H](CO)[C@@H](O)[C@H]3O)nn2)cc1. The summed E-state index contributed by atoms with van der Waals surface area (Å²) in [7, 11) is -3.77. The second-order valence-electron chi connectivity index (χ2n) is 5.71. The Balaban J connectivity index is 1.63. The average Bonchev–Trinajstić information content (AvgIpc) is 3.19. The number of nitrogens with zero attached hydrogens (tertiary/aromatic N) is 3. The molecule has 0 spiro atoms. The molecule has 0 saturated carbocycles. The van der Waals surface area contributed by atoms with E-state index in [0.717, 1.165) is 0 Å². The maximum absolute atomic E-state index is 11.3. The molecule has 142 valence electrons. The first-order valence-corrected chi connectivity index (χ1v) is 9.13. The van der Waals surface area contributed by atoms with Crippen molar-refractivity contribution in [1.82, 2.24) is 15.0 Å². The number of ether oxygens (including phenoxy) is 2. The van der Waals surface area contributed by atoms with Crippen LogP contribution in [-0.4, -0.2) is 69.9 Å². The Hall–Kier alpha value is -1.93. The summed E-state index contributed by atoms with van der Waals surface area (Å²) >= 11 is 0. The summed E-state index contributed by atoms with van der Waals surface area (Å²) in [5.41, 5.74) is 0.974. The standard InChI is InChI=1S/C14H18N4O7S/c15-26(22,23)10-3-1-9(2-4-10)18-5-8(16-17-18)7-24-14-13(21)12(20)11(6-19)25-14/h1-5,11-14,19-21H,6-7H2,(H2,15,22,23)/t11-,12-,13-,14-/m1/s1. The number of benzene rings is 1. The molecule has 3 rings (SSSR count). The maximum Gasteiger partial charge on any atom is 0.238 e. The molecule has 1 aliphatic rings. The summed E-state index contributed by atoms with van der Waals surface area (Å²) < 4.78 is 34.5. The van der Waals surface area contributed by atoms with Crippen LogP contribution < -0.4 is 5.14 Å². The van der Waals surface area contributed by atoms with Crippen molar-refractivity contribution in [1.29, 1.82) is 0 Å². The smallest absolute Gasteiger partial charge is 0.238 e. The summed E-state index contributed by atoms with van der Waals surface area (Å²) in [6, 6.07) is 5.74. The zero-order valence-corrected chi connectivity index (χ0v) is 14.2. The van der Waals surface area contributed by atoms with Gasteiger partial charge in [-0.05, 0) is 24.3 Å². The molecule has 0 unspecified atom stereocenters. The molecule has 0 radical (unpaired) electrons. The van der Waals surface area contributed by atoms with Crippen LogP contribution in [0.5, 0.6) is 0 Å². The highest BCUT2D eigenvalue weighted by Gasteiger charge is 2.43. The first-order chi connectivity index (χ1) is 12.3. The predicted molar refractivity (Wildman–Crippen MR) is 85.3 cm³/mol. The van der Waals surface area contributed by atoms with Crippen LogP contribution in [0.4, 0.5) is 0 Å². The lowest BCUT2D eigenvalue weighted by Crippen LogP contribution is -2.34. The van der Waals surface area contributed by atoms with Crippen LogP contribution in [0.3, 0.4) is 0 Å². The second-order valence-corrected chi connectivity index (χ2v) is 7.27. The van der Waals surface area contributed by atoms with Crippen molar-refractivity contribution in [2.24, 2.45) is 5.14 Å². The fraction of sp³-hybridized carbons (Fsp3) is 0.429. The van der Waals surface area contributed by atoms with Crippen molar-refractivity contribution in [2.75, 3.05) is 6.61 Å². The topological polar surface area (TPSA) is 170 Å². The van der Waals surface area contributed by atoms with Gasteiger partial charge >= 0.3 is 0 Å². The summed E-state index contributed by atoms with van der Waals surface area (Å²) in [5.74, 6) is 0. The van der Waals surface area contributed by atoms with Crippen LogP contribution in [-0.2, 0) is 26.1 Å². The number of aliphatic hydroxyl groups excluding tert-OH is 3. The average molecular weight is 386 g/mol. The Kier molecular flexibility index (Phi) is 5.34. The van der Waals surface area contributed by atoms with Crippen molar-refractivity contribution in [2.45, 2.75) is 36.1 Å². The van der Waals surface area contributed by atoms with Crippen molar-refractivity contribution in [3.8, 4) is 5.69 Å².